The van der Waals surface area contributed by atoms with Gasteiger partial charge in [-0.15, -0.1) is 0 Å². The van der Waals surface area contributed by atoms with Crippen molar-refractivity contribution in [3.63, 3.8) is 0 Å². The highest BCUT2D eigenvalue weighted by atomic mass is 16.5. The molecule has 0 radical (unpaired) electrons. The lowest BCUT2D eigenvalue weighted by Gasteiger charge is -2.46. The molecule has 1 saturated carbocycles. The van der Waals surface area contributed by atoms with E-state index in [0.29, 0.717) is 23.9 Å². The molecule has 4 N–H and O–H groups in total. The van der Waals surface area contributed by atoms with Crippen LogP contribution in [0, 0.1) is 0 Å². The Labute approximate surface area is 220 Å². The predicted octanol–water partition coefficient (Wildman–Crippen LogP) is 4.26. The van der Waals surface area contributed by atoms with Crippen molar-refractivity contribution in [2.45, 2.75) is 63.3 Å². The molecule has 4 aliphatic rings. The molecule has 1 aliphatic carbocycles. The standard InChI is InChI=1S/C30H38N6O/c1-21-18-35(17-16-32-21)23-10-12-24(13-11-23)36-19-27(28-29(31)33-20-34-30(28,36)2)22-8-14-26(15-9-22)37-25-6-4-3-5-7-25/h3-9,14-15,19-21,23-24,32H,10-13,16-18,31H2,1-2H3,(H,33,34)/t21-,23?,24?,30?/m0/s1. The molecule has 2 aromatic carbocycles. The number of ether oxygens (including phenoxy) is 1. The fourth-order valence-electron chi connectivity index (χ4n) is 6.55. The van der Waals surface area contributed by atoms with E-state index >= 15 is 0 Å². The molecule has 1 unspecified atom stereocenters. The van der Waals surface area contributed by atoms with Gasteiger partial charge < -0.3 is 26.0 Å². The van der Waals surface area contributed by atoms with Crippen LogP contribution in [0.15, 0.2) is 77.2 Å². The maximum Gasteiger partial charge on any atom is 0.160 e. The van der Waals surface area contributed by atoms with Gasteiger partial charge in [0.1, 0.15) is 17.3 Å². The number of rotatable bonds is 5. The largest absolute Gasteiger partial charge is 0.457 e. The van der Waals surface area contributed by atoms with Crippen LogP contribution < -0.4 is 21.1 Å². The molecule has 6 rings (SSSR count). The number of nitrogens with zero attached hydrogens (tertiary/aromatic N) is 3. The van der Waals surface area contributed by atoms with Crippen LogP contribution in [0.4, 0.5) is 0 Å². The van der Waals surface area contributed by atoms with Crippen molar-refractivity contribution in [1.82, 2.24) is 20.4 Å². The quantitative estimate of drug-likeness (QED) is 0.572. The minimum Gasteiger partial charge on any atom is -0.457 e. The first-order valence-corrected chi connectivity index (χ1v) is 13.6. The molecule has 1 saturated heterocycles. The summed E-state index contributed by atoms with van der Waals surface area (Å²) in [5, 5.41) is 6.74. The topological polar surface area (TPSA) is 78.2 Å². The van der Waals surface area contributed by atoms with Crippen molar-refractivity contribution in [1.29, 1.82) is 0 Å². The molecule has 3 aliphatic heterocycles. The molecular formula is C30H38N6O. The molecule has 7 heteroatoms. The fraction of sp³-hybridized carbons (Fsp3) is 0.433. The average Bonchev–Trinajstić information content (AvgIpc) is 3.24. The number of hydrogen-bond acceptors (Lipinski definition) is 7. The van der Waals surface area contributed by atoms with E-state index in [1.165, 1.54) is 25.7 Å². The van der Waals surface area contributed by atoms with Crippen molar-refractivity contribution in [2.24, 2.45) is 10.7 Å². The first-order chi connectivity index (χ1) is 18.0. The Hall–Kier alpha value is -3.29. The smallest absolute Gasteiger partial charge is 0.160 e. The molecule has 2 fully saturated rings. The van der Waals surface area contributed by atoms with E-state index in [9.17, 15) is 0 Å². The van der Waals surface area contributed by atoms with E-state index < -0.39 is 5.66 Å². The van der Waals surface area contributed by atoms with Crippen molar-refractivity contribution < 1.29 is 4.74 Å². The van der Waals surface area contributed by atoms with E-state index in [1.807, 2.05) is 42.5 Å². The second-order valence-corrected chi connectivity index (χ2v) is 10.9. The van der Waals surface area contributed by atoms with E-state index in [2.05, 4.69) is 52.6 Å². The van der Waals surface area contributed by atoms with Crippen molar-refractivity contribution in [2.75, 3.05) is 19.6 Å². The number of nitrogens with two attached hydrogens (primary N) is 1. The summed E-state index contributed by atoms with van der Waals surface area (Å²) in [7, 11) is 0. The lowest BCUT2D eigenvalue weighted by atomic mass is 9.86. The zero-order valence-electron chi connectivity index (χ0n) is 21.9. The molecule has 0 bridgehead atoms. The van der Waals surface area contributed by atoms with Crippen LogP contribution in [0.5, 0.6) is 11.5 Å². The summed E-state index contributed by atoms with van der Waals surface area (Å²) >= 11 is 0. The monoisotopic (exact) mass is 498 g/mol. The van der Waals surface area contributed by atoms with Gasteiger partial charge in [-0.2, -0.15) is 0 Å². The molecule has 0 spiro atoms. The highest BCUT2D eigenvalue weighted by molar-refractivity contribution is 5.87. The number of hydrogen-bond donors (Lipinski definition) is 3. The van der Waals surface area contributed by atoms with Gasteiger partial charge in [0.25, 0.3) is 0 Å². The van der Waals surface area contributed by atoms with Crippen LogP contribution in [-0.4, -0.2) is 59.6 Å². The van der Waals surface area contributed by atoms with Gasteiger partial charge in [-0.25, -0.2) is 4.99 Å². The lowest BCUT2D eigenvalue weighted by molar-refractivity contribution is 0.0715. The molecular weight excluding hydrogens is 460 g/mol. The maximum atomic E-state index is 6.56. The van der Waals surface area contributed by atoms with Crippen LogP contribution in [-0.2, 0) is 0 Å². The minimum absolute atomic E-state index is 0.442. The van der Waals surface area contributed by atoms with Gasteiger partial charge in [0.2, 0.25) is 0 Å². The van der Waals surface area contributed by atoms with Crippen LogP contribution >= 0.6 is 0 Å². The van der Waals surface area contributed by atoms with E-state index in [4.69, 9.17) is 15.5 Å². The molecule has 37 heavy (non-hydrogen) atoms. The number of fused-ring (bicyclic) bond motifs is 1. The Morgan fingerprint density at radius 3 is 2.41 bits per heavy atom. The Balaban J connectivity index is 1.22. The first kappa shape index (κ1) is 24.1. The van der Waals surface area contributed by atoms with Gasteiger partial charge in [0.05, 0.1) is 6.34 Å². The van der Waals surface area contributed by atoms with Crippen molar-refractivity contribution >= 4 is 11.9 Å². The van der Waals surface area contributed by atoms with E-state index in [0.717, 1.165) is 47.8 Å². The summed E-state index contributed by atoms with van der Waals surface area (Å²) < 4.78 is 6.02. The third-order valence-corrected chi connectivity index (χ3v) is 8.44. The Kier molecular flexibility index (Phi) is 6.42. The first-order valence-electron chi connectivity index (χ1n) is 13.6. The van der Waals surface area contributed by atoms with Gasteiger partial charge in [0, 0.05) is 55.1 Å². The third-order valence-electron chi connectivity index (χ3n) is 8.44. The van der Waals surface area contributed by atoms with E-state index in [1.54, 1.807) is 6.34 Å². The number of benzene rings is 2. The molecule has 0 amide bonds. The zero-order chi connectivity index (χ0) is 25.4. The highest BCUT2D eigenvalue weighted by Crippen LogP contribution is 2.47. The fourth-order valence-corrected chi connectivity index (χ4v) is 6.55. The summed E-state index contributed by atoms with van der Waals surface area (Å²) in [5.74, 6) is 2.33. The minimum atomic E-state index is -0.495. The number of aliphatic imine (C=N–C) groups is 1. The molecule has 194 valence electrons. The molecule has 2 atom stereocenters. The van der Waals surface area contributed by atoms with Crippen LogP contribution in [0.25, 0.3) is 5.57 Å². The summed E-state index contributed by atoms with van der Waals surface area (Å²) in [6.07, 6.45) is 8.86. The summed E-state index contributed by atoms with van der Waals surface area (Å²) in [6.45, 7) is 7.91. The van der Waals surface area contributed by atoms with Crippen LogP contribution in [0.3, 0.4) is 0 Å². The Morgan fingerprint density at radius 2 is 1.68 bits per heavy atom. The highest BCUT2D eigenvalue weighted by Gasteiger charge is 2.47. The average molecular weight is 499 g/mol. The number of piperazine rings is 1. The normalized spacial score (nSPS) is 30.1. The summed E-state index contributed by atoms with van der Waals surface area (Å²) in [4.78, 5) is 10.1. The van der Waals surface area contributed by atoms with Crippen molar-refractivity contribution in [3.05, 3.63) is 77.8 Å². The third kappa shape index (κ3) is 4.62. The Morgan fingerprint density at radius 1 is 0.973 bits per heavy atom. The maximum absolute atomic E-state index is 6.56. The second-order valence-electron chi connectivity index (χ2n) is 10.9. The molecule has 3 heterocycles. The van der Waals surface area contributed by atoms with Gasteiger partial charge >= 0.3 is 0 Å². The van der Waals surface area contributed by atoms with Crippen LogP contribution in [0.2, 0.25) is 0 Å². The zero-order valence-corrected chi connectivity index (χ0v) is 21.9. The number of para-hydroxylation sites is 1. The van der Waals surface area contributed by atoms with Crippen LogP contribution in [0.1, 0.15) is 45.1 Å². The van der Waals surface area contributed by atoms with Gasteiger partial charge in [0.15, 0.2) is 5.66 Å². The number of nitrogens with one attached hydrogen (secondary N) is 2. The van der Waals surface area contributed by atoms with E-state index in [-0.39, 0.29) is 0 Å². The van der Waals surface area contributed by atoms with Crippen molar-refractivity contribution in [3.8, 4) is 11.5 Å². The lowest BCUT2D eigenvalue weighted by Crippen LogP contribution is -2.55. The second kappa shape index (κ2) is 9.88. The van der Waals surface area contributed by atoms with Gasteiger partial charge in [-0.05, 0) is 69.4 Å². The summed E-state index contributed by atoms with van der Waals surface area (Å²) in [6, 6.07) is 19.9. The molecule has 7 nitrogen and oxygen atoms in total. The van der Waals surface area contributed by atoms with Gasteiger partial charge in [-0.3, -0.25) is 4.90 Å². The predicted molar refractivity (Wildman–Crippen MR) is 149 cm³/mol. The molecule has 2 aromatic rings. The SMILES string of the molecule is C[C@H]1CN(C2CCC(N3C=C(c4ccc(Oc5ccccc5)cc4)C4=C(N)NC=NC43C)CC2)CCN1. The molecule has 0 aromatic heterocycles. The van der Waals surface area contributed by atoms with Gasteiger partial charge in [-0.1, -0.05) is 30.3 Å². The Bertz CT molecular complexity index is 1200. The summed E-state index contributed by atoms with van der Waals surface area (Å²) in [5.41, 5.74) is 9.38.